The summed E-state index contributed by atoms with van der Waals surface area (Å²) in [6.45, 7) is 7.21. The Bertz CT molecular complexity index is 1600. The van der Waals surface area contributed by atoms with Gasteiger partial charge >= 0.3 is 0 Å². The fourth-order valence-electron chi connectivity index (χ4n) is 5.17. The molecule has 0 aliphatic carbocycles. The van der Waals surface area contributed by atoms with Crippen molar-refractivity contribution >= 4 is 16.9 Å². The molecule has 0 spiro atoms. The lowest BCUT2D eigenvalue weighted by molar-refractivity contribution is 0.0945. The number of aliphatic hydroxyl groups excluding tert-OH is 1. The highest BCUT2D eigenvalue weighted by Crippen LogP contribution is 2.44. The number of nitrogens with zero attached hydrogens (tertiary/aromatic N) is 3. The number of pyridine rings is 1. The van der Waals surface area contributed by atoms with Crippen molar-refractivity contribution in [2.45, 2.75) is 51.1 Å². The molecule has 2 aliphatic heterocycles. The second kappa shape index (κ2) is 12.9. The zero-order valence-corrected chi connectivity index (χ0v) is 26.1. The number of fused-ring (bicyclic) bond motifs is 2. The number of rotatable bonds is 8. The maximum absolute atomic E-state index is 13.7. The van der Waals surface area contributed by atoms with Gasteiger partial charge in [-0.2, -0.15) is 0 Å². The Morgan fingerprint density at radius 1 is 1.16 bits per heavy atom. The zero-order chi connectivity index (χ0) is 30.7. The molecule has 226 valence electrons. The first-order chi connectivity index (χ1) is 20.5. The minimum Gasteiger partial charge on any atom is -0.454 e. The van der Waals surface area contributed by atoms with Crippen molar-refractivity contribution in [1.82, 2.24) is 19.5 Å². The molecule has 0 radical (unpaired) electrons. The van der Waals surface area contributed by atoms with E-state index in [2.05, 4.69) is 17.2 Å². The summed E-state index contributed by atoms with van der Waals surface area (Å²) in [4.78, 5) is 20.4. The molecule has 0 saturated carbocycles. The highest BCUT2D eigenvalue weighted by Gasteiger charge is 2.40. The van der Waals surface area contributed by atoms with Crippen LogP contribution in [0.1, 0.15) is 66.0 Å². The molecule has 0 saturated heterocycles. The van der Waals surface area contributed by atoms with Crippen LogP contribution in [-0.2, 0) is 24.1 Å². The molecule has 1 amide bonds. The Morgan fingerprint density at radius 3 is 2.70 bits per heavy atom. The second-order valence-electron chi connectivity index (χ2n) is 11.9. The summed E-state index contributed by atoms with van der Waals surface area (Å²) < 4.78 is 25.9. The molecule has 0 fully saturated rings. The van der Waals surface area contributed by atoms with Gasteiger partial charge in [0.15, 0.2) is 11.5 Å². The normalized spacial score (nSPS) is 16.5. The van der Waals surface area contributed by atoms with Gasteiger partial charge in [0.05, 0.1) is 23.0 Å². The van der Waals surface area contributed by atoms with Crippen molar-refractivity contribution in [2.75, 3.05) is 34.0 Å². The number of nitrogens with one attached hydrogen (secondary N) is 1. The number of carbonyl (C=O) groups excluding carboxylic acids is 1. The molecule has 3 aromatic rings. The molecule has 3 heterocycles. The van der Waals surface area contributed by atoms with E-state index in [1.165, 1.54) is 0 Å². The molecule has 2 atom stereocenters. The van der Waals surface area contributed by atoms with E-state index < -0.39 is 15.7 Å². The summed E-state index contributed by atoms with van der Waals surface area (Å²) in [5.74, 6) is 7.40. The summed E-state index contributed by atoms with van der Waals surface area (Å²) >= 11 is 0. The predicted molar refractivity (Wildman–Crippen MR) is 167 cm³/mol. The Hall–Kier alpha value is -3.75. The third kappa shape index (κ3) is 6.92. The molecule has 9 nitrogen and oxygen atoms in total. The lowest BCUT2D eigenvalue weighted by atomic mass is 9.95. The van der Waals surface area contributed by atoms with Gasteiger partial charge in [0, 0.05) is 36.4 Å². The lowest BCUT2D eigenvalue weighted by Crippen LogP contribution is -2.36. The van der Waals surface area contributed by atoms with Crippen molar-refractivity contribution in [3.05, 3.63) is 76.5 Å². The lowest BCUT2D eigenvalue weighted by Gasteiger charge is -2.30. The van der Waals surface area contributed by atoms with Crippen LogP contribution in [0.3, 0.4) is 0 Å². The average molecular weight is 603 g/mol. The van der Waals surface area contributed by atoms with Gasteiger partial charge in [-0.3, -0.25) is 9.69 Å². The molecular weight excluding hydrogens is 564 g/mol. The maximum atomic E-state index is 13.7. The average Bonchev–Trinajstić information content (AvgIpc) is 3.59. The number of carbonyl (C=O) groups is 1. The van der Waals surface area contributed by atoms with Gasteiger partial charge in [0.25, 0.3) is 5.91 Å². The third-order valence-electron chi connectivity index (χ3n) is 7.18. The summed E-state index contributed by atoms with van der Waals surface area (Å²) in [5, 5.41) is 13.0. The van der Waals surface area contributed by atoms with Crippen LogP contribution in [0.15, 0.2) is 48.5 Å². The molecule has 10 heteroatoms. The minimum absolute atomic E-state index is 0.0742. The Labute approximate surface area is 255 Å². The van der Waals surface area contributed by atoms with Gasteiger partial charge in [-0.15, -0.1) is 0 Å². The zero-order valence-electron chi connectivity index (χ0n) is 25.3. The van der Waals surface area contributed by atoms with E-state index in [0.717, 1.165) is 27.8 Å². The second-order valence-corrected chi connectivity index (χ2v) is 14.1. The molecule has 2 aliphatic rings. The van der Waals surface area contributed by atoms with Gasteiger partial charge in [-0.25, -0.2) is 13.5 Å². The molecule has 2 aromatic carbocycles. The summed E-state index contributed by atoms with van der Waals surface area (Å²) in [7, 11) is 2.59. The summed E-state index contributed by atoms with van der Waals surface area (Å²) in [6, 6.07) is 14.8. The first-order valence-corrected chi connectivity index (χ1v) is 15.4. The van der Waals surface area contributed by atoms with Gasteiger partial charge in [0.1, 0.15) is 16.7 Å². The summed E-state index contributed by atoms with van der Waals surface area (Å²) in [5.41, 5.74) is 5.18. The van der Waals surface area contributed by atoms with Gasteiger partial charge in [-0.05, 0) is 82.7 Å². The molecule has 43 heavy (non-hydrogen) atoms. The van der Waals surface area contributed by atoms with Gasteiger partial charge in [-0.1, -0.05) is 30.0 Å². The maximum Gasteiger partial charge on any atom is 0.270 e. The van der Waals surface area contributed by atoms with E-state index in [9.17, 15) is 14.1 Å². The van der Waals surface area contributed by atoms with Crippen LogP contribution in [0.2, 0.25) is 0 Å². The fourth-order valence-corrected chi connectivity index (χ4v) is 6.58. The number of aromatic nitrogens is 1. The van der Waals surface area contributed by atoms with Crippen LogP contribution in [0.25, 0.3) is 11.3 Å². The van der Waals surface area contributed by atoms with E-state index in [0.29, 0.717) is 36.7 Å². The van der Waals surface area contributed by atoms with Crippen LogP contribution in [0.4, 0.5) is 0 Å². The van der Waals surface area contributed by atoms with Crippen LogP contribution in [-0.4, -0.2) is 68.2 Å². The van der Waals surface area contributed by atoms with Crippen molar-refractivity contribution in [2.24, 2.45) is 0 Å². The fraction of sp³-hybridized carbons (Fsp3) is 0.394. The van der Waals surface area contributed by atoms with Crippen LogP contribution in [0.5, 0.6) is 11.5 Å². The van der Waals surface area contributed by atoms with E-state index in [-0.39, 0.29) is 37.6 Å². The molecule has 0 unspecified atom stereocenters. The van der Waals surface area contributed by atoms with Crippen molar-refractivity contribution in [3.63, 3.8) is 0 Å². The number of benzene rings is 2. The van der Waals surface area contributed by atoms with Crippen molar-refractivity contribution < 1.29 is 23.6 Å². The van der Waals surface area contributed by atoms with Gasteiger partial charge in [0.2, 0.25) is 6.79 Å². The first-order valence-electron chi connectivity index (χ1n) is 14.3. The number of ether oxygens (including phenoxy) is 2. The molecule has 0 bridgehead atoms. The number of hydrogen-bond donors (Lipinski definition) is 2. The van der Waals surface area contributed by atoms with Crippen molar-refractivity contribution in [3.8, 4) is 34.6 Å². The van der Waals surface area contributed by atoms with Crippen LogP contribution in [0, 0.1) is 11.8 Å². The number of amides is 1. The summed E-state index contributed by atoms with van der Waals surface area (Å²) in [6.07, 6.45) is 0.390. The number of aliphatic hydroxyl groups is 1. The van der Waals surface area contributed by atoms with Gasteiger partial charge < -0.3 is 19.9 Å². The number of hydrogen-bond acceptors (Lipinski definition) is 7. The Balaban J connectivity index is 1.53. The van der Waals surface area contributed by atoms with Crippen LogP contribution >= 0.6 is 0 Å². The minimum atomic E-state index is -1.35. The molecule has 2 N–H and O–H groups in total. The standard InChI is InChI=1S/C33H38N4O5S/c1-33(2,3)43(40)37-20-25-18-26(32(39)34-19-23-11-12-28-29(17-23)42-21-41-28)35-31(30(25)27(37)13-15-38)24-10-6-8-22(16-24)9-7-14-36(4)5/h6,8,10-12,16-18,27,38H,13-15,19-21H2,1-5H3,(H,34,39)/t27-,43-/m1/s1. The topological polar surface area (TPSA) is 104 Å². The molecular formula is C33H38N4O5S. The van der Waals surface area contributed by atoms with E-state index in [1.807, 2.05) is 86.5 Å². The van der Waals surface area contributed by atoms with E-state index in [1.54, 1.807) is 6.07 Å². The smallest absolute Gasteiger partial charge is 0.270 e. The van der Waals surface area contributed by atoms with E-state index in [4.69, 9.17) is 14.5 Å². The highest BCUT2D eigenvalue weighted by atomic mass is 32.2. The monoisotopic (exact) mass is 602 g/mol. The Kier molecular flexibility index (Phi) is 9.18. The predicted octanol–water partition coefficient (Wildman–Crippen LogP) is 4.02. The van der Waals surface area contributed by atoms with Crippen LogP contribution < -0.4 is 14.8 Å². The Morgan fingerprint density at radius 2 is 1.95 bits per heavy atom. The molecule has 5 rings (SSSR count). The highest BCUT2D eigenvalue weighted by molar-refractivity contribution is 7.84. The third-order valence-corrected chi connectivity index (χ3v) is 9.03. The largest absolute Gasteiger partial charge is 0.454 e. The first kappa shape index (κ1) is 30.7. The van der Waals surface area contributed by atoms with E-state index >= 15 is 0 Å². The molecule has 1 aromatic heterocycles. The van der Waals surface area contributed by atoms with Crippen molar-refractivity contribution in [1.29, 1.82) is 0 Å². The SMILES string of the molecule is CN(C)CC#Cc1cccc(-c2nc(C(=O)NCc3ccc4c(c3)OCO4)cc3c2[C@@H](CCO)N([S@](=O)C(C)(C)C)C3)c1. The quantitative estimate of drug-likeness (QED) is 0.376.